The summed E-state index contributed by atoms with van der Waals surface area (Å²) in [5, 5.41) is 6.15. The Morgan fingerprint density at radius 1 is 1.53 bits per heavy atom. The van der Waals surface area contributed by atoms with Crippen molar-refractivity contribution in [2.75, 3.05) is 11.9 Å². The number of hydrogen-bond donors (Lipinski definition) is 2. The first-order chi connectivity index (χ1) is 9.07. The van der Waals surface area contributed by atoms with Gasteiger partial charge < -0.3 is 10.6 Å². The number of rotatable bonds is 4. The Labute approximate surface area is 113 Å². The summed E-state index contributed by atoms with van der Waals surface area (Å²) in [5.41, 5.74) is 0.633. The predicted octanol–water partition coefficient (Wildman–Crippen LogP) is 2.99. The van der Waals surface area contributed by atoms with Crippen LogP contribution in [0.1, 0.15) is 38.2 Å². The summed E-state index contributed by atoms with van der Waals surface area (Å²) in [6, 6.07) is 4.80. The number of benzene rings is 1. The average molecular weight is 264 g/mol. The molecule has 1 aliphatic heterocycles. The van der Waals surface area contributed by atoms with E-state index < -0.39 is 5.54 Å². The van der Waals surface area contributed by atoms with E-state index in [0.29, 0.717) is 11.3 Å². The minimum atomic E-state index is -0.476. The zero-order chi connectivity index (χ0) is 13.9. The topological polar surface area (TPSA) is 41.1 Å². The van der Waals surface area contributed by atoms with Crippen molar-refractivity contribution < 1.29 is 9.18 Å². The van der Waals surface area contributed by atoms with E-state index in [9.17, 15) is 9.18 Å². The number of hydrogen-bond acceptors (Lipinski definition) is 2. The van der Waals surface area contributed by atoms with E-state index in [1.165, 1.54) is 6.07 Å². The molecule has 1 aromatic rings. The molecule has 0 saturated carbocycles. The highest BCUT2D eigenvalue weighted by molar-refractivity contribution is 5.98. The van der Waals surface area contributed by atoms with Crippen LogP contribution < -0.4 is 10.6 Å². The summed E-state index contributed by atoms with van der Waals surface area (Å²) >= 11 is 0. The van der Waals surface area contributed by atoms with Crippen LogP contribution >= 0.6 is 0 Å². The smallest absolute Gasteiger partial charge is 0.244 e. The Bertz CT molecular complexity index is 467. The van der Waals surface area contributed by atoms with E-state index >= 15 is 0 Å². The van der Waals surface area contributed by atoms with Crippen molar-refractivity contribution in [2.24, 2.45) is 0 Å². The van der Waals surface area contributed by atoms with Crippen LogP contribution in [0.4, 0.5) is 10.1 Å². The van der Waals surface area contributed by atoms with Crippen molar-refractivity contribution in [1.82, 2.24) is 5.32 Å². The van der Waals surface area contributed by atoms with E-state index in [0.717, 1.165) is 32.2 Å². The fraction of sp³-hybridized carbons (Fsp3) is 0.533. The third-order valence-electron chi connectivity index (χ3n) is 3.78. The zero-order valence-corrected chi connectivity index (χ0v) is 11.6. The lowest BCUT2D eigenvalue weighted by molar-refractivity contribution is -0.122. The van der Waals surface area contributed by atoms with Gasteiger partial charge in [0.15, 0.2) is 0 Å². The summed E-state index contributed by atoms with van der Waals surface area (Å²) in [6.07, 6.45) is 3.62. The van der Waals surface area contributed by atoms with E-state index in [2.05, 4.69) is 17.6 Å². The third kappa shape index (κ3) is 2.95. The summed E-state index contributed by atoms with van der Waals surface area (Å²) in [6.45, 7) is 4.65. The highest BCUT2D eigenvalue weighted by Crippen LogP contribution is 2.26. The standard InChI is InChI=1S/C15H21FN2O/c1-3-7-15(8-4-9-17-15)14(19)18-12-6-5-11(2)13(16)10-12/h5-6,10,17H,3-4,7-9H2,1-2H3,(H,18,19). The first-order valence-electron chi connectivity index (χ1n) is 6.90. The molecule has 1 atom stereocenters. The summed E-state index contributed by atoms with van der Waals surface area (Å²) in [5.74, 6) is -0.336. The molecule has 0 bridgehead atoms. The molecule has 1 fully saturated rings. The van der Waals surface area contributed by atoms with E-state index in [1.54, 1.807) is 19.1 Å². The normalized spacial score (nSPS) is 22.5. The molecule has 104 valence electrons. The summed E-state index contributed by atoms with van der Waals surface area (Å²) in [7, 11) is 0. The molecule has 1 saturated heterocycles. The first-order valence-corrected chi connectivity index (χ1v) is 6.90. The lowest BCUT2D eigenvalue weighted by Gasteiger charge is -2.27. The lowest BCUT2D eigenvalue weighted by atomic mass is 9.90. The van der Waals surface area contributed by atoms with Crippen LogP contribution in [0.3, 0.4) is 0 Å². The van der Waals surface area contributed by atoms with Crippen molar-refractivity contribution in [1.29, 1.82) is 0 Å². The Kier molecular flexibility index (Phi) is 4.20. The van der Waals surface area contributed by atoms with Gasteiger partial charge in [0.05, 0.1) is 5.54 Å². The van der Waals surface area contributed by atoms with Gasteiger partial charge in [-0.2, -0.15) is 0 Å². The molecule has 1 unspecified atom stereocenters. The Balaban J connectivity index is 2.12. The predicted molar refractivity (Wildman–Crippen MR) is 74.6 cm³/mol. The minimum Gasteiger partial charge on any atom is -0.324 e. The van der Waals surface area contributed by atoms with Gasteiger partial charge in [-0.1, -0.05) is 19.4 Å². The van der Waals surface area contributed by atoms with Gasteiger partial charge in [0.25, 0.3) is 0 Å². The van der Waals surface area contributed by atoms with E-state index in [-0.39, 0.29) is 11.7 Å². The maximum absolute atomic E-state index is 13.5. The quantitative estimate of drug-likeness (QED) is 0.877. The minimum absolute atomic E-state index is 0.0462. The van der Waals surface area contributed by atoms with Gasteiger partial charge in [-0.05, 0) is 50.4 Å². The van der Waals surface area contributed by atoms with Gasteiger partial charge >= 0.3 is 0 Å². The summed E-state index contributed by atoms with van der Waals surface area (Å²) < 4.78 is 13.5. The van der Waals surface area contributed by atoms with Crippen LogP contribution in [0.15, 0.2) is 18.2 Å². The third-order valence-corrected chi connectivity index (χ3v) is 3.78. The molecule has 0 aromatic heterocycles. The van der Waals surface area contributed by atoms with Gasteiger partial charge in [0.1, 0.15) is 5.82 Å². The molecule has 2 rings (SSSR count). The second-order valence-corrected chi connectivity index (χ2v) is 5.28. The van der Waals surface area contributed by atoms with Crippen molar-refractivity contribution in [3.8, 4) is 0 Å². The van der Waals surface area contributed by atoms with Crippen LogP contribution in [0.5, 0.6) is 0 Å². The molecule has 1 heterocycles. The number of carbonyl (C=O) groups is 1. The second kappa shape index (κ2) is 5.70. The van der Waals surface area contributed by atoms with Crippen LogP contribution in [0, 0.1) is 12.7 Å². The SMILES string of the molecule is CCCC1(C(=O)Nc2ccc(C)c(F)c2)CCCN1. The van der Waals surface area contributed by atoms with Crippen molar-refractivity contribution in [2.45, 2.75) is 45.1 Å². The molecule has 0 spiro atoms. The number of aryl methyl sites for hydroxylation is 1. The molecule has 2 N–H and O–H groups in total. The fourth-order valence-corrected chi connectivity index (χ4v) is 2.68. The van der Waals surface area contributed by atoms with Crippen molar-refractivity contribution in [3.63, 3.8) is 0 Å². The van der Waals surface area contributed by atoms with Crippen LogP contribution in [0.2, 0.25) is 0 Å². The molecular weight excluding hydrogens is 243 g/mol. The number of nitrogens with one attached hydrogen (secondary N) is 2. The Morgan fingerprint density at radius 3 is 2.89 bits per heavy atom. The molecule has 0 aliphatic carbocycles. The molecular formula is C15H21FN2O. The lowest BCUT2D eigenvalue weighted by Crippen LogP contribution is -2.50. The van der Waals surface area contributed by atoms with Gasteiger partial charge in [0.2, 0.25) is 5.91 Å². The summed E-state index contributed by atoms with van der Waals surface area (Å²) in [4.78, 5) is 12.4. The van der Waals surface area contributed by atoms with Crippen LogP contribution in [0.25, 0.3) is 0 Å². The molecule has 1 aliphatic rings. The van der Waals surface area contributed by atoms with Gasteiger partial charge in [0, 0.05) is 5.69 Å². The number of amides is 1. The monoisotopic (exact) mass is 264 g/mol. The van der Waals surface area contributed by atoms with E-state index in [1.807, 2.05) is 0 Å². The molecule has 4 heteroatoms. The maximum atomic E-state index is 13.5. The number of carbonyl (C=O) groups excluding carboxylic acids is 1. The van der Waals surface area contributed by atoms with Crippen molar-refractivity contribution >= 4 is 11.6 Å². The van der Waals surface area contributed by atoms with Gasteiger partial charge in [-0.3, -0.25) is 4.79 Å². The Hall–Kier alpha value is -1.42. The number of anilines is 1. The highest BCUT2D eigenvalue weighted by atomic mass is 19.1. The van der Waals surface area contributed by atoms with Crippen molar-refractivity contribution in [3.05, 3.63) is 29.6 Å². The average Bonchev–Trinajstić information content (AvgIpc) is 2.84. The molecule has 3 nitrogen and oxygen atoms in total. The zero-order valence-electron chi connectivity index (χ0n) is 11.6. The Morgan fingerprint density at radius 2 is 2.32 bits per heavy atom. The van der Waals surface area contributed by atoms with E-state index in [4.69, 9.17) is 0 Å². The maximum Gasteiger partial charge on any atom is 0.244 e. The fourth-order valence-electron chi connectivity index (χ4n) is 2.68. The van der Waals surface area contributed by atoms with Crippen LogP contribution in [-0.4, -0.2) is 18.0 Å². The molecule has 1 amide bonds. The van der Waals surface area contributed by atoms with Gasteiger partial charge in [-0.15, -0.1) is 0 Å². The molecule has 0 radical (unpaired) electrons. The van der Waals surface area contributed by atoms with Gasteiger partial charge in [-0.25, -0.2) is 4.39 Å². The van der Waals surface area contributed by atoms with Crippen LogP contribution in [-0.2, 0) is 4.79 Å². The number of halogens is 1. The largest absolute Gasteiger partial charge is 0.324 e. The molecule has 1 aromatic carbocycles. The first kappa shape index (κ1) is 14.0. The highest BCUT2D eigenvalue weighted by Gasteiger charge is 2.39. The molecule has 19 heavy (non-hydrogen) atoms. The second-order valence-electron chi connectivity index (χ2n) is 5.28.